The summed E-state index contributed by atoms with van der Waals surface area (Å²) >= 11 is 0. The Hall–Kier alpha value is -1.88. The van der Waals surface area contributed by atoms with E-state index in [4.69, 9.17) is 14.6 Å². The quantitative estimate of drug-likeness (QED) is 0.736. The average Bonchev–Trinajstić information content (AvgIpc) is 2.27. The van der Waals surface area contributed by atoms with Crippen molar-refractivity contribution in [1.82, 2.24) is 0 Å². The van der Waals surface area contributed by atoms with E-state index in [1.54, 1.807) is 0 Å². The van der Waals surface area contributed by atoms with Crippen molar-refractivity contribution >= 4 is 12.3 Å². The molecule has 1 N–H and O–H groups in total. The van der Waals surface area contributed by atoms with E-state index in [9.17, 15) is 9.59 Å². The monoisotopic (exact) mass is 208 g/mol. The Morgan fingerprint density at radius 1 is 1.47 bits per heavy atom. The first kappa shape index (κ1) is 9.67. The molecule has 5 nitrogen and oxygen atoms in total. The Morgan fingerprint density at radius 3 is 2.93 bits per heavy atom. The molecule has 0 fully saturated rings. The Morgan fingerprint density at radius 2 is 2.27 bits per heavy atom. The molecule has 5 heteroatoms. The summed E-state index contributed by atoms with van der Waals surface area (Å²) in [6.45, 7) is 0.345. The molecule has 0 saturated heterocycles. The molecule has 0 radical (unpaired) electrons. The molecule has 1 aliphatic rings. The van der Waals surface area contributed by atoms with Gasteiger partial charge in [-0.25, -0.2) is 4.79 Å². The minimum absolute atomic E-state index is 0.0601. The van der Waals surface area contributed by atoms with Gasteiger partial charge in [-0.3, -0.25) is 4.79 Å². The molecule has 15 heavy (non-hydrogen) atoms. The van der Waals surface area contributed by atoms with Crippen LogP contribution in [0.25, 0.3) is 0 Å². The van der Waals surface area contributed by atoms with Gasteiger partial charge in [0.25, 0.3) is 0 Å². The number of rotatable bonds is 2. The molecule has 1 aromatic rings. The smallest absolute Gasteiger partial charge is 0.335 e. The first-order chi connectivity index (χ1) is 7.22. The lowest BCUT2D eigenvalue weighted by Gasteiger charge is -2.19. The highest BCUT2D eigenvalue weighted by Gasteiger charge is 2.18. The van der Waals surface area contributed by atoms with Crippen LogP contribution in [0.4, 0.5) is 0 Å². The Kier molecular flexibility index (Phi) is 2.39. The zero-order valence-corrected chi connectivity index (χ0v) is 7.73. The fourth-order valence-electron chi connectivity index (χ4n) is 1.46. The van der Waals surface area contributed by atoms with Crippen LogP contribution in [0, 0.1) is 0 Å². The van der Waals surface area contributed by atoms with E-state index in [0.717, 1.165) is 0 Å². The third-order valence-corrected chi connectivity index (χ3v) is 2.11. The van der Waals surface area contributed by atoms with Crippen LogP contribution in [-0.4, -0.2) is 24.2 Å². The lowest BCUT2D eigenvalue weighted by atomic mass is 10.0. The number of benzene rings is 1. The number of hydrogen-bond acceptors (Lipinski definition) is 4. The number of ether oxygens (including phenoxy) is 2. The molecular formula is C10H8O5. The predicted molar refractivity (Wildman–Crippen MR) is 49.1 cm³/mol. The standard InChI is InChI=1S/C10H8O5/c11-3-7-1-6(10(12)13)2-8-4-14-5-15-9(7)8/h1-3H,4-5H2,(H,12,13). The van der Waals surface area contributed by atoms with Crippen LogP contribution in [0.1, 0.15) is 26.3 Å². The Bertz CT molecular complexity index is 424. The summed E-state index contributed by atoms with van der Waals surface area (Å²) in [5, 5.41) is 8.81. The lowest BCUT2D eigenvalue weighted by Crippen LogP contribution is -2.14. The van der Waals surface area contributed by atoms with Crippen LogP contribution >= 0.6 is 0 Å². The summed E-state index contributed by atoms with van der Waals surface area (Å²) in [5.41, 5.74) is 0.890. The number of fused-ring (bicyclic) bond motifs is 1. The van der Waals surface area contributed by atoms with Gasteiger partial charge in [-0.05, 0) is 12.1 Å². The van der Waals surface area contributed by atoms with Gasteiger partial charge in [-0.2, -0.15) is 0 Å². The number of aldehydes is 1. The van der Waals surface area contributed by atoms with Crippen molar-refractivity contribution in [3.05, 3.63) is 28.8 Å². The van der Waals surface area contributed by atoms with Gasteiger partial charge in [0.05, 0.1) is 17.7 Å². The molecule has 1 aliphatic heterocycles. The van der Waals surface area contributed by atoms with Crippen LogP contribution < -0.4 is 4.74 Å². The van der Waals surface area contributed by atoms with Crippen molar-refractivity contribution in [2.24, 2.45) is 0 Å². The van der Waals surface area contributed by atoms with Crippen LogP contribution in [0.3, 0.4) is 0 Å². The summed E-state index contributed by atoms with van der Waals surface area (Å²) in [7, 11) is 0. The summed E-state index contributed by atoms with van der Waals surface area (Å²) in [4.78, 5) is 21.5. The summed E-state index contributed by atoms with van der Waals surface area (Å²) in [6.07, 6.45) is 0.580. The number of carbonyl (C=O) groups excluding carboxylic acids is 1. The molecule has 1 aromatic carbocycles. The molecule has 2 rings (SSSR count). The van der Waals surface area contributed by atoms with Gasteiger partial charge >= 0.3 is 5.97 Å². The maximum atomic E-state index is 10.8. The van der Waals surface area contributed by atoms with Crippen molar-refractivity contribution < 1.29 is 24.2 Å². The zero-order chi connectivity index (χ0) is 10.8. The van der Waals surface area contributed by atoms with Crippen LogP contribution in [-0.2, 0) is 11.3 Å². The Labute approximate surface area is 85.2 Å². The van der Waals surface area contributed by atoms with Crippen molar-refractivity contribution in [2.45, 2.75) is 6.61 Å². The number of aromatic carboxylic acids is 1. The number of carbonyl (C=O) groups is 2. The van der Waals surface area contributed by atoms with Crippen LogP contribution in [0.5, 0.6) is 5.75 Å². The number of hydrogen-bond donors (Lipinski definition) is 1. The zero-order valence-electron chi connectivity index (χ0n) is 7.73. The van der Waals surface area contributed by atoms with Crippen molar-refractivity contribution in [1.29, 1.82) is 0 Å². The first-order valence-electron chi connectivity index (χ1n) is 4.28. The highest BCUT2D eigenvalue weighted by atomic mass is 16.7. The van der Waals surface area contributed by atoms with Crippen molar-refractivity contribution in [2.75, 3.05) is 6.79 Å². The van der Waals surface area contributed by atoms with Gasteiger partial charge in [0, 0.05) is 5.56 Å². The van der Waals surface area contributed by atoms with E-state index in [2.05, 4.69) is 0 Å². The van der Waals surface area contributed by atoms with E-state index in [0.29, 0.717) is 17.6 Å². The summed E-state index contributed by atoms with van der Waals surface area (Å²) in [6, 6.07) is 2.74. The van der Waals surface area contributed by atoms with Gasteiger partial charge < -0.3 is 14.6 Å². The molecule has 0 amide bonds. The molecule has 0 unspecified atom stereocenters. The molecule has 1 heterocycles. The molecule has 0 spiro atoms. The first-order valence-corrected chi connectivity index (χ1v) is 4.28. The minimum atomic E-state index is -1.08. The predicted octanol–water partition coefficient (Wildman–Crippen LogP) is 1.06. The van der Waals surface area contributed by atoms with E-state index in [1.165, 1.54) is 12.1 Å². The fraction of sp³-hybridized carbons (Fsp3) is 0.200. The van der Waals surface area contributed by atoms with Crippen LogP contribution in [0.15, 0.2) is 12.1 Å². The summed E-state index contributed by atoms with van der Waals surface area (Å²) < 4.78 is 10.1. The van der Waals surface area contributed by atoms with E-state index < -0.39 is 5.97 Å². The lowest BCUT2D eigenvalue weighted by molar-refractivity contribution is -0.0167. The third kappa shape index (κ3) is 1.69. The highest BCUT2D eigenvalue weighted by molar-refractivity contribution is 5.92. The molecule has 0 aliphatic carbocycles. The van der Waals surface area contributed by atoms with E-state index in [1.807, 2.05) is 0 Å². The van der Waals surface area contributed by atoms with Gasteiger partial charge in [0.2, 0.25) is 0 Å². The van der Waals surface area contributed by atoms with Crippen LogP contribution in [0.2, 0.25) is 0 Å². The fourth-order valence-corrected chi connectivity index (χ4v) is 1.46. The topological polar surface area (TPSA) is 72.8 Å². The van der Waals surface area contributed by atoms with E-state index in [-0.39, 0.29) is 24.5 Å². The number of carboxylic acid groups (broad SMARTS) is 1. The maximum Gasteiger partial charge on any atom is 0.335 e. The molecule has 0 aromatic heterocycles. The highest BCUT2D eigenvalue weighted by Crippen LogP contribution is 2.28. The van der Waals surface area contributed by atoms with Gasteiger partial charge in [-0.1, -0.05) is 0 Å². The van der Waals surface area contributed by atoms with Gasteiger partial charge in [0.15, 0.2) is 13.1 Å². The SMILES string of the molecule is O=Cc1cc(C(=O)O)cc2c1OCOC2. The third-order valence-electron chi connectivity index (χ3n) is 2.11. The van der Waals surface area contributed by atoms with E-state index >= 15 is 0 Å². The molecule has 78 valence electrons. The molecule has 0 bridgehead atoms. The van der Waals surface area contributed by atoms with Gasteiger partial charge in [-0.15, -0.1) is 0 Å². The second-order valence-corrected chi connectivity index (χ2v) is 3.09. The largest absolute Gasteiger partial charge is 0.478 e. The minimum Gasteiger partial charge on any atom is -0.478 e. The molecular weight excluding hydrogens is 200 g/mol. The van der Waals surface area contributed by atoms with Crippen molar-refractivity contribution in [3.63, 3.8) is 0 Å². The molecule has 0 atom stereocenters. The number of carboxylic acids is 1. The second kappa shape index (κ2) is 3.70. The van der Waals surface area contributed by atoms with Gasteiger partial charge in [0.1, 0.15) is 5.75 Å². The molecule has 0 saturated carbocycles. The Balaban J connectivity index is 2.57. The second-order valence-electron chi connectivity index (χ2n) is 3.09. The average molecular weight is 208 g/mol. The maximum absolute atomic E-state index is 10.8. The summed E-state index contributed by atoms with van der Waals surface area (Å²) in [5.74, 6) is -0.660. The van der Waals surface area contributed by atoms with Crippen molar-refractivity contribution in [3.8, 4) is 5.75 Å². The normalized spacial score (nSPS) is 13.9.